The normalized spacial score (nSPS) is 17.2. The third kappa shape index (κ3) is 7.33. The van der Waals surface area contributed by atoms with Crippen LogP contribution in [-0.2, 0) is 11.8 Å². The molecule has 220 valence electrons. The van der Waals surface area contributed by atoms with Crippen molar-refractivity contribution in [1.29, 1.82) is 0 Å². The molecule has 0 atom stereocenters. The average molecular weight is 562 g/mol. The minimum Gasteiger partial charge on any atom is -0.489 e. The zero-order valence-corrected chi connectivity index (χ0v) is 25.7. The predicted octanol–water partition coefficient (Wildman–Crippen LogP) is 6.78. The van der Waals surface area contributed by atoms with Gasteiger partial charge in [0, 0.05) is 47.5 Å². The van der Waals surface area contributed by atoms with Gasteiger partial charge in [-0.1, -0.05) is 38.1 Å². The molecule has 1 aromatic carbocycles. The second-order valence-electron chi connectivity index (χ2n) is 13.4. The van der Waals surface area contributed by atoms with Crippen LogP contribution in [0.25, 0.3) is 0 Å². The van der Waals surface area contributed by atoms with Gasteiger partial charge in [0.05, 0.1) is 6.20 Å². The Morgan fingerprint density at radius 1 is 1.05 bits per heavy atom. The molecular weight excluding hydrogens is 518 g/mol. The number of pyridine rings is 1. The summed E-state index contributed by atoms with van der Waals surface area (Å²) in [6.45, 7) is 16.9. The summed E-state index contributed by atoms with van der Waals surface area (Å²) >= 11 is 0. The fraction of sp³-hybridized carbons (Fsp3) is 0.500. The van der Waals surface area contributed by atoms with Crippen molar-refractivity contribution in [2.75, 3.05) is 17.7 Å². The largest absolute Gasteiger partial charge is 0.489 e. The number of hydrogen-bond donors (Lipinski definition) is 2. The molecule has 1 aliphatic rings. The Morgan fingerprint density at radius 3 is 2.29 bits per heavy atom. The second kappa shape index (κ2) is 11.3. The first-order chi connectivity index (χ1) is 19.0. The van der Waals surface area contributed by atoms with Crippen molar-refractivity contribution >= 4 is 23.3 Å². The van der Waals surface area contributed by atoms with E-state index >= 15 is 0 Å². The number of nitrogens with zero attached hydrogens (tertiary/aromatic N) is 3. The zero-order chi connectivity index (χ0) is 30.2. The summed E-state index contributed by atoms with van der Waals surface area (Å²) in [5, 5.41) is 9.43. The molecule has 3 aromatic rings. The maximum absolute atomic E-state index is 13.0. The Morgan fingerprint density at radius 2 is 1.73 bits per heavy atom. The van der Waals surface area contributed by atoms with E-state index in [1.165, 1.54) is 0 Å². The summed E-state index contributed by atoms with van der Waals surface area (Å²) in [6.07, 6.45) is 3.75. The maximum atomic E-state index is 13.0. The van der Waals surface area contributed by atoms with E-state index in [1.807, 2.05) is 45.9 Å². The summed E-state index contributed by atoms with van der Waals surface area (Å²) in [5.74, 6) is 1.61. The van der Waals surface area contributed by atoms with Crippen LogP contribution in [0.3, 0.4) is 0 Å². The molecule has 9 nitrogen and oxygen atoms in total. The van der Waals surface area contributed by atoms with E-state index in [-0.39, 0.29) is 34.8 Å². The molecule has 4 rings (SSSR count). The number of aromatic nitrogens is 2. The smallest absolute Gasteiger partial charge is 0.324 e. The van der Waals surface area contributed by atoms with Crippen LogP contribution >= 0.6 is 0 Å². The molecule has 0 aliphatic carbocycles. The van der Waals surface area contributed by atoms with Gasteiger partial charge >= 0.3 is 6.03 Å². The van der Waals surface area contributed by atoms with Crippen LogP contribution < -0.4 is 15.4 Å². The number of ketones is 1. The number of urea groups is 1. The number of likely N-dealkylation sites (tertiary alicyclic amines) is 1. The third-order valence-electron chi connectivity index (χ3n) is 7.99. The Kier molecular flexibility index (Phi) is 8.32. The summed E-state index contributed by atoms with van der Waals surface area (Å²) < 4.78 is 11.6. The van der Waals surface area contributed by atoms with Crippen molar-refractivity contribution < 1.29 is 18.8 Å². The van der Waals surface area contributed by atoms with E-state index in [9.17, 15) is 9.59 Å². The molecule has 0 bridgehead atoms. The number of anilines is 2. The molecule has 2 amide bonds. The number of aryl methyl sites for hydroxylation is 1. The van der Waals surface area contributed by atoms with Crippen LogP contribution in [0.1, 0.15) is 88.7 Å². The topological polar surface area (TPSA) is 110 Å². The van der Waals surface area contributed by atoms with Crippen molar-refractivity contribution in [2.45, 2.75) is 97.2 Å². The van der Waals surface area contributed by atoms with Gasteiger partial charge in [-0.3, -0.25) is 15.0 Å². The fourth-order valence-electron chi connectivity index (χ4n) is 5.38. The summed E-state index contributed by atoms with van der Waals surface area (Å²) in [5.41, 5.74) is 2.54. The van der Waals surface area contributed by atoms with Gasteiger partial charge in [0.15, 0.2) is 11.6 Å². The van der Waals surface area contributed by atoms with Gasteiger partial charge in [0.2, 0.25) is 0 Å². The number of nitrogens with one attached hydrogen (secondary N) is 2. The molecule has 0 saturated carbocycles. The minimum absolute atomic E-state index is 0.0238. The van der Waals surface area contributed by atoms with Crippen LogP contribution in [0.2, 0.25) is 0 Å². The van der Waals surface area contributed by atoms with Gasteiger partial charge in [-0.2, -0.15) is 0 Å². The molecule has 9 heteroatoms. The average Bonchev–Trinajstić information content (AvgIpc) is 3.33. The number of hydrogen-bond acceptors (Lipinski definition) is 7. The van der Waals surface area contributed by atoms with Gasteiger partial charge in [0.1, 0.15) is 23.3 Å². The quantitative estimate of drug-likeness (QED) is 0.306. The molecule has 1 saturated heterocycles. The van der Waals surface area contributed by atoms with Gasteiger partial charge in [-0.05, 0) is 71.0 Å². The molecule has 2 N–H and O–H groups in total. The highest BCUT2D eigenvalue weighted by molar-refractivity contribution is 6.00. The van der Waals surface area contributed by atoms with Crippen LogP contribution in [0, 0.1) is 6.92 Å². The first kappa shape index (κ1) is 30.2. The Balaban J connectivity index is 1.32. The Bertz CT molecular complexity index is 1380. The van der Waals surface area contributed by atoms with Crippen molar-refractivity contribution in [3.8, 4) is 5.75 Å². The Labute approximate surface area is 243 Å². The number of rotatable bonds is 7. The highest BCUT2D eigenvalue weighted by Gasteiger charge is 2.44. The van der Waals surface area contributed by atoms with Crippen molar-refractivity contribution in [3.05, 3.63) is 65.2 Å². The number of carbonyl (C=O) groups is 2. The lowest BCUT2D eigenvalue weighted by Crippen LogP contribution is -2.60. The van der Waals surface area contributed by atoms with Crippen molar-refractivity contribution in [1.82, 2.24) is 15.0 Å². The van der Waals surface area contributed by atoms with Crippen LogP contribution in [-0.4, -0.2) is 51.1 Å². The fourth-order valence-corrected chi connectivity index (χ4v) is 5.38. The molecule has 41 heavy (non-hydrogen) atoms. The van der Waals surface area contributed by atoms with Crippen LogP contribution in [0.4, 0.5) is 16.3 Å². The van der Waals surface area contributed by atoms with E-state index in [0.717, 1.165) is 24.0 Å². The number of piperidine rings is 1. The summed E-state index contributed by atoms with van der Waals surface area (Å²) in [4.78, 5) is 32.3. The monoisotopic (exact) mass is 561 g/mol. The van der Waals surface area contributed by atoms with Crippen LogP contribution in [0.5, 0.6) is 5.75 Å². The standard InChI is InChI=1S/C32H43N5O4/c1-20-14-21(10-12-24(20)34-29(39)35-28-16-27(41-36-28)30(2,3)4)15-26(38)25-13-11-22(19-33-25)40-23-17-31(5,6)37(9)32(7,8)18-23/h10-14,16,19,23H,15,17-18H2,1-9H3,(H2,34,35,36,39). The second-order valence-corrected chi connectivity index (χ2v) is 13.4. The predicted molar refractivity (Wildman–Crippen MR) is 161 cm³/mol. The van der Waals surface area contributed by atoms with Gasteiger partial charge in [-0.15, -0.1) is 0 Å². The first-order valence-electron chi connectivity index (χ1n) is 14.1. The van der Waals surface area contributed by atoms with Crippen molar-refractivity contribution in [3.63, 3.8) is 0 Å². The maximum Gasteiger partial charge on any atom is 0.324 e. The summed E-state index contributed by atoms with van der Waals surface area (Å²) in [7, 11) is 2.17. The molecule has 3 heterocycles. The molecule has 1 fully saturated rings. The Hall–Kier alpha value is -3.72. The van der Waals surface area contributed by atoms with Crippen molar-refractivity contribution in [2.24, 2.45) is 0 Å². The highest BCUT2D eigenvalue weighted by atomic mass is 16.5. The third-order valence-corrected chi connectivity index (χ3v) is 7.99. The molecule has 2 aromatic heterocycles. The molecule has 0 spiro atoms. The van der Waals surface area contributed by atoms with E-state index in [0.29, 0.717) is 28.7 Å². The first-order valence-corrected chi connectivity index (χ1v) is 14.1. The number of Topliss-reactive ketones (excluding diaryl/α,β-unsaturated/α-hetero) is 1. The lowest BCUT2D eigenvalue weighted by molar-refractivity contribution is -0.0557. The van der Waals surface area contributed by atoms with Crippen LogP contribution in [0.15, 0.2) is 47.1 Å². The highest BCUT2D eigenvalue weighted by Crippen LogP contribution is 2.38. The zero-order valence-electron chi connectivity index (χ0n) is 25.7. The number of ether oxygens (including phenoxy) is 1. The van der Waals surface area contributed by atoms with E-state index in [4.69, 9.17) is 9.26 Å². The number of benzene rings is 1. The van der Waals surface area contributed by atoms with Gasteiger partial charge < -0.3 is 14.6 Å². The SMILES string of the molecule is Cc1cc(CC(=O)c2ccc(OC3CC(C)(C)N(C)C(C)(C)C3)cn2)ccc1NC(=O)Nc1cc(C(C)(C)C)on1. The minimum atomic E-state index is -0.426. The lowest BCUT2D eigenvalue weighted by Gasteiger charge is -2.53. The number of carbonyl (C=O) groups excluding carboxylic acids is 2. The number of amides is 2. The lowest BCUT2D eigenvalue weighted by atomic mass is 9.79. The van der Waals surface area contributed by atoms with E-state index < -0.39 is 6.03 Å². The van der Waals surface area contributed by atoms with E-state index in [2.05, 4.69) is 60.4 Å². The van der Waals surface area contributed by atoms with E-state index in [1.54, 1.807) is 24.4 Å². The molecule has 0 radical (unpaired) electrons. The van der Waals surface area contributed by atoms with Gasteiger partial charge in [-0.25, -0.2) is 9.78 Å². The molecular formula is C32H43N5O4. The molecule has 1 aliphatic heterocycles. The van der Waals surface area contributed by atoms with Gasteiger partial charge in [0.25, 0.3) is 0 Å². The summed E-state index contributed by atoms with van der Waals surface area (Å²) in [6, 6.07) is 10.3. The molecule has 0 unspecified atom stereocenters.